The van der Waals surface area contributed by atoms with Crippen molar-refractivity contribution in [1.29, 1.82) is 0 Å². The van der Waals surface area contributed by atoms with Crippen molar-refractivity contribution in [2.24, 2.45) is 11.7 Å². The number of amides is 1. The quantitative estimate of drug-likeness (QED) is 0.808. The molecule has 2 aliphatic rings. The first-order valence-electron chi connectivity index (χ1n) is 9.15. The Balaban J connectivity index is 1.62. The summed E-state index contributed by atoms with van der Waals surface area (Å²) in [4.78, 5) is 12.3. The van der Waals surface area contributed by atoms with Gasteiger partial charge in [-0.3, -0.25) is 4.79 Å². The summed E-state index contributed by atoms with van der Waals surface area (Å²) in [5.74, 6) is -1.02. The largest absolute Gasteiger partial charge is 0.349 e. The standard InChI is InChI=1S/C18H26FN3O3S/c19-15-5-1-2-6-16(15)26(24,25)22-11-7-14(8-12-22)17(23)21-18(13-20)9-3-4-10-18/h1-2,5-6,14H,3-4,7-13,20H2,(H,21,23). The zero-order chi connectivity index (χ0) is 18.8. The highest BCUT2D eigenvalue weighted by atomic mass is 32.2. The number of nitrogens with zero attached hydrogens (tertiary/aromatic N) is 1. The van der Waals surface area contributed by atoms with Crippen LogP contribution in [-0.2, 0) is 14.8 Å². The van der Waals surface area contributed by atoms with Crippen LogP contribution in [0, 0.1) is 11.7 Å². The predicted molar refractivity (Wildman–Crippen MR) is 96.3 cm³/mol. The van der Waals surface area contributed by atoms with E-state index in [0.29, 0.717) is 19.4 Å². The fourth-order valence-electron chi connectivity index (χ4n) is 3.95. The predicted octanol–water partition coefficient (Wildman–Crippen LogP) is 1.61. The molecule has 8 heteroatoms. The molecule has 3 N–H and O–H groups in total. The van der Waals surface area contributed by atoms with E-state index < -0.39 is 15.8 Å². The SMILES string of the molecule is NCC1(NC(=O)C2CCN(S(=O)(=O)c3ccccc3F)CC2)CCCC1. The van der Waals surface area contributed by atoms with E-state index in [1.54, 1.807) is 0 Å². The smallest absolute Gasteiger partial charge is 0.245 e. The normalized spacial score (nSPS) is 21.6. The zero-order valence-corrected chi connectivity index (χ0v) is 15.6. The van der Waals surface area contributed by atoms with Gasteiger partial charge in [-0.1, -0.05) is 25.0 Å². The number of nitrogens with one attached hydrogen (secondary N) is 1. The van der Waals surface area contributed by atoms with Crippen molar-refractivity contribution in [2.75, 3.05) is 19.6 Å². The van der Waals surface area contributed by atoms with Crippen molar-refractivity contribution in [3.8, 4) is 0 Å². The van der Waals surface area contributed by atoms with Crippen molar-refractivity contribution < 1.29 is 17.6 Å². The lowest BCUT2D eigenvalue weighted by molar-refractivity contribution is -0.128. The van der Waals surface area contributed by atoms with Crippen LogP contribution in [0.3, 0.4) is 0 Å². The van der Waals surface area contributed by atoms with Gasteiger partial charge in [-0.2, -0.15) is 4.31 Å². The number of carbonyl (C=O) groups is 1. The minimum absolute atomic E-state index is 0.0414. The lowest BCUT2D eigenvalue weighted by Gasteiger charge is -2.34. The first kappa shape index (κ1) is 19.3. The number of benzene rings is 1. The minimum Gasteiger partial charge on any atom is -0.349 e. The summed E-state index contributed by atoms with van der Waals surface area (Å²) < 4.78 is 40.4. The summed E-state index contributed by atoms with van der Waals surface area (Å²) >= 11 is 0. The van der Waals surface area contributed by atoms with Gasteiger partial charge in [-0.25, -0.2) is 12.8 Å². The van der Waals surface area contributed by atoms with Gasteiger partial charge in [-0.05, 0) is 37.8 Å². The van der Waals surface area contributed by atoms with E-state index >= 15 is 0 Å². The van der Waals surface area contributed by atoms with Crippen molar-refractivity contribution in [1.82, 2.24) is 9.62 Å². The molecular formula is C18H26FN3O3S. The highest BCUT2D eigenvalue weighted by Crippen LogP contribution is 2.30. The Morgan fingerprint density at radius 1 is 1.23 bits per heavy atom. The summed E-state index contributed by atoms with van der Waals surface area (Å²) in [7, 11) is -3.87. The van der Waals surface area contributed by atoms with Crippen LogP contribution in [0.15, 0.2) is 29.2 Å². The maximum Gasteiger partial charge on any atom is 0.245 e. The van der Waals surface area contributed by atoms with E-state index in [-0.39, 0.29) is 35.3 Å². The third-order valence-electron chi connectivity index (χ3n) is 5.62. The second-order valence-corrected chi connectivity index (χ2v) is 9.20. The molecule has 1 saturated carbocycles. The van der Waals surface area contributed by atoms with Crippen molar-refractivity contribution in [2.45, 2.75) is 49.0 Å². The van der Waals surface area contributed by atoms with Crippen LogP contribution in [0.25, 0.3) is 0 Å². The summed E-state index contributed by atoms with van der Waals surface area (Å²) in [5.41, 5.74) is 5.57. The molecule has 0 radical (unpaired) electrons. The molecule has 1 aromatic rings. The molecule has 1 heterocycles. The Kier molecular flexibility index (Phi) is 5.64. The fourth-order valence-corrected chi connectivity index (χ4v) is 5.48. The molecule has 2 fully saturated rings. The third-order valence-corrected chi connectivity index (χ3v) is 7.55. The van der Waals surface area contributed by atoms with Crippen LogP contribution in [0.1, 0.15) is 38.5 Å². The molecule has 3 rings (SSSR count). The van der Waals surface area contributed by atoms with Crippen LogP contribution in [0.2, 0.25) is 0 Å². The molecule has 144 valence electrons. The van der Waals surface area contributed by atoms with Crippen LogP contribution >= 0.6 is 0 Å². The minimum atomic E-state index is -3.87. The molecule has 0 spiro atoms. The third kappa shape index (κ3) is 3.77. The van der Waals surface area contributed by atoms with Crippen LogP contribution < -0.4 is 11.1 Å². The number of rotatable bonds is 5. The Bertz CT molecular complexity index is 755. The topological polar surface area (TPSA) is 92.5 Å². The van der Waals surface area contributed by atoms with E-state index in [2.05, 4.69) is 5.32 Å². The average molecular weight is 383 g/mol. The molecule has 0 bridgehead atoms. The molecule has 0 aromatic heterocycles. The molecule has 1 amide bonds. The summed E-state index contributed by atoms with van der Waals surface area (Å²) in [6.07, 6.45) is 4.79. The fraction of sp³-hybridized carbons (Fsp3) is 0.611. The van der Waals surface area contributed by atoms with Gasteiger partial charge in [0.1, 0.15) is 10.7 Å². The van der Waals surface area contributed by atoms with Gasteiger partial charge in [0.15, 0.2) is 0 Å². The number of halogens is 1. The Morgan fingerprint density at radius 3 is 2.42 bits per heavy atom. The van der Waals surface area contributed by atoms with Crippen LogP contribution in [0.5, 0.6) is 0 Å². The van der Waals surface area contributed by atoms with Crippen molar-refractivity contribution in [3.63, 3.8) is 0 Å². The van der Waals surface area contributed by atoms with E-state index in [0.717, 1.165) is 31.7 Å². The molecule has 1 aliphatic heterocycles. The Morgan fingerprint density at radius 2 is 1.85 bits per heavy atom. The summed E-state index contributed by atoms with van der Waals surface area (Å²) in [6, 6.07) is 5.38. The van der Waals surface area contributed by atoms with E-state index in [4.69, 9.17) is 5.73 Å². The molecule has 0 unspecified atom stereocenters. The lowest BCUT2D eigenvalue weighted by atomic mass is 9.93. The molecule has 1 saturated heterocycles. The molecule has 26 heavy (non-hydrogen) atoms. The Labute approximate surface area is 154 Å². The number of nitrogens with two attached hydrogens (primary N) is 1. The number of piperidine rings is 1. The maximum atomic E-state index is 13.9. The second kappa shape index (κ2) is 7.62. The van der Waals surface area contributed by atoms with Crippen LogP contribution in [0.4, 0.5) is 4.39 Å². The van der Waals surface area contributed by atoms with Gasteiger partial charge in [0, 0.05) is 25.6 Å². The lowest BCUT2D eigenvalue weighted by Crippen LogP contribution is -2.54. The first-order chi connectivity index (χ1) is 12.4. The second-order valence-electron chi connectivity index (χ2n) is 7.29. The molecule has 1 aromatic carbocycles. The molecular weight excluding hydrogens is 357 g/mol. The molecule has 1 aliphatic carbocycles. The number of carbonyl (C=O) groups excluding carboxylic acids is 1. The molecule has 6 nitrogen and oxygen atoms in total. The zero-order valence-electron chi connectivity index (χ0n) is 14.8. The number of hydrogen-bond donors (Lipinski definition) is 2. The number of sulfonamides is 1. The summed E-state index contributed by atoms with van der Waals surface area (Å²) in [5, 5.41) is 3.11. The van der Waals surface area contributed by atoms with Crippen molar-refractivity contribution >= 4 is 15.9 Å². The van der Waals surface area contributed by atoms with Gasteiger partial charge in [0.2, 0.25) is 15.9 Å². The Hall–Kier alpha value is -1.51. The van der Waals surface area contributed by atoms with Gasteiger partial charge in [0.05, 0.1) is 5.54 Å². The first-order valence-corrected chi connectivity index (χ1v) is 10.6. The van der Waals surface area contributed by atoms with Gasteiger partial charge >= 0.3 is 0 Å². The van der Waals surface area contributed by atoms with E-state index in [1.165, 1.54) is 22.5 Å². The maximum absolute atomic E-state index is 13.9. The highest BCUT2D eigenvalue weighted by molar-refractivity contribution is 7.89. The average Bonchev–Trinajstić information content (AvgIpc) is 3.11. The van der Waals surface area contributed by atoms with E-state index in [9.17, 15) is 17.6 Å². The van der Waals surface area contributed by atoms with Gasteiger partial charge in [0.25, 0.3) is 0 Å². The van der Waals surface area contributed by atoms with Gasteiger partial charge < -0.3 is 11.1 Å². The monoisotopic (exact) mass is 383 g/mol. The number of hydrogen-bond acceptors (Lipinski definition) is 4. The highest BCUT2D eigenvalue weighted by Gasteiger charge is 2.38. The van der Waals surface area contributed by atoms with Crippen LogP contribution in [-0.4, -0.2) is 43.8 Å². The summed E-state index contributed by atoms with van der Waals surface area (Å²) in [6.45, 7) is 0.855. The van der Waals surface area contributed by atoms with Crippen molar-refractivity contribution in [3.05, 3.63) is 30.1 Å². The van der Waals surface area contributed by atoms with Gasteiger partial charge in [-0.15, -0.1) is 0 Å². The van der Waals surface area contributed by atoms with E-state index in [1.807, 2.05) is 0 Å². The molecule has 0 atom stereocenters.